The van der Waals surface area contributed by atoms with Crippen molar-refractivity contribution in [3.8, 4) is 0 Å². The van der Waals surface area contributed by atoms with E-state index >= 15 is 0 Å². The van der Waals surface area contributed by atoms with Crippen LogP contribution in [0.3, 0.4) is 0 Å². The molecular weight excluding hydrogens is 334 g/mol. The van der Waals surface area contributed by atoms with Crippen LogP contribution in [0.1, 0.15) is 31.9 Å². The third-order valence-electron chi connectivity index (χ3n) is 4.31. The Morgan fingerprint density at radius 1 is 1.38 bits per heavy atom. The van der Waals surface area contributed by atoms with Gasteiger partial charge in [-0.15, -0.1) is 0 Å². The first-order valence-electron chi connectivity index (χ1n) is 7.15. The number of halogens is 1. The molecule has 1 aliphatic heterocycles. The third kappa shape index (κ3) is 2.72. The molecule has 1 atom stereocenters. The summed E-state index contributed by atoms with van der Waals surface area (Å²) in [5.41, 5.74) is 0.206. The van der Waals surface area contributed by atoms with Crippen LogP contribution in [-0.2, 0) is 10.3 Å². The lowest BCUT2D eigenvalue weighted by Gasteiger charge is -2.35. The van der Waals surface area contributed by atoms with Crippen molar-refractivity contribution in [1.29, 1.82) is 0 Å². The minimum atomic E-state index is -0.800. The molecular formula is C16H18BrNO3. The maximum atomic E-state index is 11.3. The zero-order valence-corrected chi connectivity index (χ0v) is 13.5. The van der Waals surface area contributed by atoms with Crippen molar-refractivity contribution in [1.82, 2.24) is 4.90 Å². The molecule has 3 rings (SSSR count). The highest BCUT2D eigenvalue weighted by atomic mass is 79.9. The number of carboxylic acid groups (broad SMARTS) is 1. The molecule has 1 unspecified atom stereocenters. The second-order valence-corrected chi connectivity index (χ2v) is 6.75. The molecule has 2 heterocycles. The number of fused-ring (bicyclic) bond motifs is 1. The first-order valence-corrected chi connectivity index (χ1v) is 7.95. The van der Waals surface area contributed by atoms with E-state index in [2.05, 4.69) is 20.8 Å². The minimum absolute atomic E-state index is 0.0496. The highest BCUT2D eigenvalue weighted by molar-refractivity contribution is 9.10. The molecule has 1 aromatic carbocycles. The van der Waals surface area contributed by atoms with E-state index < -0.39 is 11.5 Å². The van der Waals surface area contributed by atoms with E-state index in [0.29, 0.717) is 0 Å². The number of aliphatic carboxylic acids is 1. The number of hydrogen-bond acceptors (Lipinski definition) is 3. The van der Waals surface area contributed by atoms with Gasteiger partial charge in [0.25, 0.3) is 0 Å². The van der Waals surface area contributed by atoms with E-state index in [1.165, 1.54) is 0 Å². The average Bonchev–Trinajstić information content (AvgIpc) is 3.06. The Morgan fingerprint density at radius 3 is 2.76 bits per heavy atom. The van der Waals surface area contributed by atoms with Crippen LogP contribution in [0.2, 0.25) is 0 Å². The van der Waals surface area contributed by atoms with Gasteiger partial charge in [-0.1, -0.05) is 15.9 Å². The van der Waals surface area contributed by atoms with Gasteiger partial charge in [-0.05, 0) is 57.1 Å². The van der Waals surface area contributed by atoms with Gasteiger partial charge in [0.2, 0.25) is 0 Å². The molecule has 4 nitrogen and oxygen atoms in total. The van der Waals surface area contributed by atoms with Gasteiger partial charge in [0.15, 0.2) is 0 Å². The standard InChI is InChI=1S/C16H18BrNO3/c1-16(10-15(19)20,18-6-2-3-7-18)14-9-11-8-12(17)4-5-13(11)21-14/h4-5,8-9H,2-3,6-7,10H2,1H3,(H,19,20). The van der Waals surface area contributed by atoms with Crippen LogP contribution in [0.5, 0.6) is 0 Å². The van der Waals surface area contributed by atoms with Crippen molar-refractivity contribution in [2.24, 2.45) is 0 Å². The fourth-order valence-corrected chi connectivity index (χ4v) is 3.52. The predicted octanol–water partition coefficient (Wildman–Crippen LogP) is 3.98. The minimum Gasteiger partial charge on any atom is -0.481 e. The lowest BCUT2D eigenvalue weighted by Crippen LogP contribution is -2.43. The molecule has 0 bridgehead atoms. The van der Waals surface area contributed by atoms with Gasteiger partial charge in [0.1, 0.15) is 11.3 Å². The van der Waals surface area contributed by atoms with Crippen molar-refractivity contribution in [2.75, 3.05) is 13.1 Å². The van der Waals surface area contributed by atoms with Gasteiger partial charge < -0.3 is 9.52 Å². The zero-order chi connectivity index (χ0) is 15.0. The Kier molecular flexibility index (Phi) is 3.80. The summed E-state index contributed by atoms with van der Waals surface area (Å²) in [6.45, 7) is 3.81. The van der Waals surface area contributed by atoms with E-state index in [1.54, 1.807) is 0 Å². The summed E-state index contributed by atoms with van der Waals surface area (Å²) in [4.78, 5) is 13.6. The monoisotopic (exact) mass is 351 g/mol. The van der Waals surface area contributed by atoms with Crippen molar-refractivity contribution >= 4 is 32.9 Å². The molecule has 0 saturated carbocycles. The molecule has 0 aliphatic carbocycles. The molecule has 0 amide bonds. The third-order valence-corrected chi connectivity index (χ3v) is 4.80. The molecule has 1 N–H and O–H groups in total. The fraction of sp³-hybridized carbons (Fsp3) is 0.438. The average molecular weight is 352 g/mol. The molecule has 21 heavy (non-hydrogen) atoms. The number of carboxylic acids is 1. The Morgan fingerprint density at radius 2 is 2.10 bits per heavy atom. The van der Waals surface area contributed by atoms with E-state index in [9.17, 15) is 9.90 Å². The number of nitrogens with zero attached hydrogens (tertiary/aromatic N) is 1. The number of furan rings is 1. The van der Waals surface area contributed by atoms with Crippen LogP contribution in [0.15, 0.2) is 33.2 Å². The highest BCUT2D eigenvalue weighted by Crippen LogP contribution is 2.38. The second kappa shape index (κ2) is 5.46. The van der Waals surface area contributed by atoms with Crippen LogP contribution in [-0.4, -0.2) is 29.1 Å². The zero-order valence-electron chi connectivity index (χ0n) is 11.9. The summed E-state index contributed by atoms with van der Waals surface area (Å²) >= 11 is 3.45. The summed E-state index contributed by atoms with van der Waals surface area (Å²) in [5.74, 6) is -0.0639. The maximum absolute atomic E-state index is 11.3. The molecule has 1 saturated heterocycles. The van der Waals surface area contributed by atoms with Gasteiger partial charge in [-0.2, -0.15) is 0 Å². The lowest BCUT2D eigenvalue weighted by atomic mass is 9.92. The van der Waals surface area contributed by atoms with Crippen LogP contribution < -0.4 is 0 Å². The smallest absolute Gasteiger partial charge is 0.305 e. The first-order chi connectivity index (χ1) is 9.99. The highest BCUT2D eigenvalue weighted by Gasteiger charge is 2.40. The molecule has 1 aromatic heterocycles. The molecule has 2 aromatic rings. The predicted molar refractivity (Wildman–Crippen MR) is 84.3 cm³/mol. The summed E-state index contributed by atoms with van der Waals surface area (Å²) in [6.07, 6.45) is 2.27. The van der Waals surface area contributed by atoms with Crippen LogP contribution in [0.4, 0.5) is 0 Å². The molecule has 1 fully saturated rings. The number of carbonyl (C=O) groups is 1. The molecule has 0 radical (unpaired) electrons. The maximum Gasteiger partial charge on any atom is 0.305 e. The van der Waals surface area contributed by atoms with Crippen LogP contribution >= 0.6 is 15.9 Å². The number of rotatable bonds is 4. The molecule has 1 aliphatic rings. The van der Waals surface area contributed by atoms with Gasteiger partial charge in [0, 0.05) is 9.86 Å². The van der Waals surface area contributed by atoms with Crippen molar-refractivity contribution < 1.29 is 14.3 Å². The topological polar surface area (TPSA) is 53.7 Å². The van der Waals surface area contributed by atoms with Crippen LogP contribution in [0, 0.1) is 0 Å². The Balaban J connectivity index is 2.06. The molecule has 0 spiro atoms. The van der Waals surface area contributed by atoms with E-state index in [1.807, 2.05) is 31.2 Å². The van der Waals surface area contributed by atoms with Crippen molar-refractivity contribution in [3.63, 3.8) is 0 Å². The normalized spacial score (nSPS) is 19.0. The van der Waals surface area contributed by atoms with Gasteiger partial charge in [0.05, 0.1) is 12.0 Å². The summed E-state index contributed by atoms with van der Waals surface area (Å²) in [6, 6.07) is 7.81. The van der Waals surface area contributed by atoms with Crippen molar-refractivity contribution in [3.05, 3.63) is 34.5 Å². The number of likely N-dealkylation sites (tertiary alicyclic amines) is 1. The summed E-state index contributed by atoms with van der Waals surface area (Å²) in [5, 5.41) is 10.3. The van der Waals surface area contributed by atoms with E-state index in [0.717, 1.165) is 47.1 Å². The van der Waals surface area contributed by atoms with Crippen molar-refractivity contribution in [2.45, 2.75) is 31.7 Å². The molecule has 112 valence electrons. The van der Waals surface area contributed by atoms with Gasteiger partial charge >= 0.3 is 5.97 Å². The Labute approximate surface area is 131 Å². The lowest BCUT2D eigenvalue weighted by molar-refractivity contribution is -0.140. The van der Waals surface area contributed by atoms with Gasteiger partial charge in [-0.3, -0.25) is 9.69 Å². The fourth-order valence-electron chi connectivity index (χ4n) is 3.14. The second-order valence-electron chi connectivity index (χ2n) is 5.83. The Bertz CT molecular complexity index is 675. The largest absolute Gasteiger partial charge is 0.481 e. The first kappa shape index (κ1) is 14.6. The quantitative estimate of drug-likeness (QED) is 0.904. The van der Waals surface area contributed by atoms with E-state index in [4.69, 9.17) is 4.42 Å². The summed E-state index contributed by atoms with van der Waals surface area (Å²) in [7, 11) is 0. The number of benzene rings is 1. The number of hydrogen-bond donors (Lipinski definition) is 1. The molecule has 5 heteroatoms. The summed E-state index contributed by atoms with van der Waals surface area (Å²) < 4.78 is 6.96. The van der Waals surface area contributed by atoms with Gasteiger partial charge in [-0.25, -0.2) is 0 Å². The Hall–Kier alpha value is -1.33. The SMILES string of the molecule is CC(CC(=O)O)(c1cc2cc(Br)ccc2o1)N1CCCC1. The van der Waals surface area contributed by atoms with Crippen LogP contribution in [0.25, 0.3) is 11.0 Å². The van der Waals surface area contributed by atoms with E-state index in [-0.39, 0.29) is 6.42 Å².